The zero-order chi connectivity index (χ0) is 12.8. The second kappa shape index (κ2) is 6.16. The van der Waals surface area contributed by atoms with Gasteiger partial charge in [-0.15, -0.1) is 5.10 Å². The van der Waals surface area contributed by atoms with E-state index >= 15 is 0 Å². The number of nitrogens with zero attached hydrogens (tertiary/aromatic N) is 3. The maximum atomic E-state index is 6.04. The van der Waals surface area contributed by atoms with Crippen molar-refractivity contribution in [2.45, 2.75) is 13.3 Å². The lowest BCUT2D eigenvalue weighted by atomic mass is 10.3. The first-order valence-electron chi connectivity index (χ1n) is 5.74. The number of anilines is 3. The summed E-state index contributed by atoms with van der Waals surface area (Å²) in [5.41, 5.74) is 0.758. The average Bonchev–Trinajstić information content (AvgIpc) is 2.40. The van der Waals surface area contributed by atoms with Gasteiger partial charge in [0.25, 0.3) is 0 Å². The van der Waals surface area contributed by atoms with Crippen molar-refractivity contribution in [3.05, 3.63) is 35.5 Å². The highest BCUT2D eigenvalue weighted by atomic mass is 35.5. The molecule has 0 spiro atoms. The van der Waals surface area contributed by atoms with Crippen molar-refractivity contribution < 1.29 is 0 Å². The fourth-order valence-corrected chi connectivity index (χ4v) is 1.56. The quantitative estimate of drug-likeness (QED) is 0.868. The van der Waals surface area contributed by atoms with Gasteiger partial charge in [-0.25, -0.2) is 0 Å². The molecule has 6 heteroatoms. The third kappa shape index (κ3) is 3.30. The highest BCUT2D eigenvalue weighted by Crippen LogP contribution is 2.23. The molecule has 0 atom stereocenters. The summed E-state index contributed by atoms with van der Waals surface area (Å²) in [6.07, 6.45) is 2.62. The van der Waals surface area contributed by atoms with Gasteiger partial charge in [-0.3, -0.25) is 0 Å². The van der Waals surface area contributed by atoms with Crippen molar-refractivity contribution in [2.24, 2.45) is 0 Å². The number of nitrogens with one attached hydrogen (secondary N) is 2. The van der Waals surface area contributed by atoms with Crippen LogP contribution in [-0.4, -0.2) is 21.7 Å². The van der Waals surface area contributed by atoms with E-state index in [4.69, 9.17) is 11.6 Å². The molecule has 0 unspecified atom stereocenters. The SMILES string of the molecule is CCCNc1cnnc(Nc2ccccc2Cl)n1. The Labute approximate surface area is 111 Å². The summed E-state index contributed by atoms with van der Waals surface area (Å²) in [7, 11) is 0. The fraction of sp³-hybridized carbons (Fsp3) is 0.250. The van der Waals surface area contributed by atoms with Crippen LogP contribution in [-0.2, 0) is 0 Å². The molecule has 0 fully saturated rings. The van der Waals surface area contributed by atoms with Crippen LogP contribution >= 0.6 is 11.6 Å². The number of hydrogen-bond donors (Lipinski definition) is 2. The van der Waals surface area contributed by atoms with Crippen LogP contribution in [0.5, 0.6) is 0 Å². The molecule has 0 aliphatic heterocycles. The standard InChI is InChI=1S/C12H14ClN5/c1-2-7-14-11-8-15-18-12(17-11)16-10-6-4-3-5-9(10)13/h3-6,8H,2,7H2,1H3,(H2,14,16,17,18). The minimum absolute atomic E-state index is 0.421. The number of hydrogen-bond acceptors (Lipinski definition) is 5. The van der Waals surface area contributed by atoms with Crippen LogP contribution in [0.15, 0.2) is 30.5 Å². The Balaban J connectivity index is 2.12. The topological polar surface area (TPSA) is 62.7 Å². The summed E-state index contributed by atoms with van der Waals surface area (Å²) in [6, 6.07) is 7.42. The summed E-state index contributed by atoms with van der Waals surface area (Å²) >= 11 is 6.04. The molecule has 1 aromatic heterocycles. The Morgan fingerprint density at radius 1 is 1.28 bits per heavy atom. The van der Waals surface area contributed by atoms with Gasteiger partial charge in [0.2, 0.25) is 5.95 Å². The maximum absolute atomic E-state index is 6.04. The van der Waals surface area contributed by atoms with Gasteiger partial charge >= 0.3 is 0 Å². The van der Waals surface area contributed by atoms with E-state index < -0.39 is 0 Å². The molecule has 1 heterocycles. The summed E-state index contributed by atoms with van der Waals surface area (Å²) in [4.78, 5) is 4.29. The summed E-state index contributed by atoms with van der Waals surface area (Å²) < 4.78 is 0. The van der Waals surface area contributed by atoms with Crippen LogP contribution in [0.3, 0.4) is 0 Å². The van der Waals surface area contributed by atoms with Crippen molar-refractivity contribution in [1.82, 2.24) is 15.2 Å². The molecule has 0 saturated heterocycles. The first-order chi connectivity index (χ1) is 8.79. The van der Waals surface area contributed by atoms with Crippen molar-refractivity contribution in [3.8, 4) is 0 Å². The molecule has 2 N–H and O–H groups in total. The van der Waals surface area contributed by atoms with Gasteiger partial charge in [0.05, 0.1) is 16.9 Å². The van der Waals surface area contributed by atoms with Crippen LogP contribution in [0.1, 0.15) is 13.3 Å². The maximum Gasteiger partial charge on any atom is 0.249 e. The van der Waals surface area contributed by atoms with E-state index in [9.17, 15) is 0 Å². The lowest BCUT2D eigenvalue weighted by Gasteiger charge is -2.07. The molecule has 5 nitrogen and oxygen atoms in total. The van der Waals surface area contributed by atoms with E-state index in [-0.39, 0.29) is 0 Å². The smallest absolute Gasteiger partial charge is 0.249 e. The van der Waals surface area contributed by atoms with E-state index in [0.29, 0.717) is 16.8 Å². The summed E-state index contributed by atoms with van der Waals surface area (Å²) in [5, 5.41) is 14.6. The summed E-state index contributed by atoms with van der Waals surface area (Å²) in [5.74, 6) is 1.12. The van der Waals surface area contributed by atoms with Crippen LogP contribution < -0.4 is 10.6 Å². The van der Waals surface area contributed by atoms with Crippen LogP contribution in [0, 0.1) is 0 Å². The third-order valence-electron chi connectivity index (χ3n) is 2.24. The first kappa shape index (κ1) is 12.6. The molecular formula is C12H14ClN5. The number of rotatable bonds is 5. The molecule has 18 heavy (non-hydrogen) atoms. The van der Waals surface area contributed by atoms with Crippen molar-refractivity contribution in [1.29, 1.82) is 0 Å². The van der Waals surface area contributed by atoms with Crippen molar-refractivity contribution >= 4 is 29.1 Å². The van der Waals surface area contributed by atoms with Crippen LogP contribution in [0.2, 0.25) is 5.02 Å². The molecule has 0 aliphatic rings. The second-order valence-corrected chi connectivity index (χ2v) is 4.10. The highest BCUT2D eigenvalue weighted by Gasteiger charge is 2.03. The van der Waals surface area contributed by atoms with Crippen LogP contribution in [0.4, 0.5) is 17.5 Å². The minimum Gasteiger partial charge on any atom is -0.369 e. The van der Waals surface area contributed by atoms with Gasteiger partial charge in [-0.1, -0.05) is 30.7 Å². The minimum atomic E-state index is 0.421. The molecule has 94 valence electrons. The molecule has 0 amide bonds. The van der Waals surface area contributed by atoms with Gasteiger partial charge in [-0.2, -0.15) is 10.1 Å². The van der Waals surface area contributed by atoms with Gasteiger partial charge < -0.3 is 10.6 Å². The lowest BCUT2D eigenvalue weighted by molar-refractivity contribution is 0.935. The third-order valence-corrected chi connectivity index (χ3v) is 2.56. The van der Waals surface area contributed by atoms with E-state index in [1.54, 1.807) is 12.3 Å². The fourth-order valence-electron chi connectivity index (χ4n) is 1.38. The second-order valence-electron chi connectivity index (χ2n) is 3.70. The monoisotopic (exact) mass is 263 g/mol. The summed E-state index contributed by atoms with van der Waals surface area (Å²) in [6.45, 7) is 2.94. The lowest BCUT2D eigenvalue weighted by Crippen LogP contribution is -2.06. The van der Waals surface area contributed by atoms with Gasteiger partial charge in [-0.05, 0) is 18.6 Å². The Morgan fingerprint density at radius 2 is 2.11 bits per heavy atom. The van der Waals surface area contributed by atoms with Gasteiger partial charge in [0, 0.05) is 6.54 Å². The molecule has 0 radical (unpaired) electrons. The van der Waals surface area contributed by atoms with E-state index in [2.05, 4.69) is 32.7 Å². The Kier molecular flexibility index (Phi) is 4.30. The van der Waals surface area contributed by atoms with E-state index in [0.717, 1.165) is 18.7 Å². The first-order valence-corrected chi connectivity index (χ1v) is 6.12. The number of aromatic nitrogens is 3. The zero-order valence-corrected chi connectivity index (χ0v) is 10.8. The Hall–Kier alpha value is -1.88. The molecule has 2 rings (SSSR count). The van der Waals surface area contributed by atoms with E-state index in [1.807, 2.05) is 18.2 Å². The normalized spacial score (nSPS) is 10.1. The number of halogens is 1. The largest absolute Gasteiger partial charge is 0.369 e. The average molecular weight is 264 g/mol. The van der Waals surface area contributed by atoms with Gasteiger partial charge in [0.15, 0.2) is 5.82 Å². The molecular weight excluding hydrogens is 250 g/mol. The Bertz CT molecular complexity index is 517. The zero-order valence-electron chi connectivity index (χ0n) is 10.0. The predicted octanol–water partition coefficient (Wildman–Crippen LogP) is 3.09. The number of para-hydroxylation sites is 1. The highest BCUT2D eigenvalue weighted by molar-refractivity contribution is 6.33. The van der Waals surface area contributed by atoms with Crippen LogP contribution in [0.25, 0.3) is 0 Å². The number of benzene rings is 1. The van der Waals surface area contributed by atoms with Crippen molar-refractivity contribution in [2.75, 3.05) is 17.2 Å². The predicted molar refractivity (Wildman–Crippen MR) is 73.3 cm³/mol. The Morgan fingerprint density at radius 3 is 2.89 bits per heavy atom. The molecule has 2 aromatic rings. The van der Waals surface area contributed by atoms with E-state index in [1.165, 1.54) is 0 Å². The van der Waals surface area contributed by atoms with Gasteiger partial charge in [0.1, 0.15) is 0 Å². The molecule has 0 saturated carbocycles. The molecule has 1 aromatic carbocycles. The molecule has 0 bridgehead atoms. The van der Waals surface area contributed by atoms with Crippen molar-refractivity contribution in [3.63, 3.8) is 0 Å². The molecule has 0 aliphatic carbocycles.